The number of thioether (sulfide) groups is 1. The Hall–Kier alpha value is -2.15. The predicted octanol–water partition coefficient (Wildman–Crippen LogP) is 2.85. The highest BCUT2D eigenvalue weighted by Gasteiger charge is 2.34. The average molecular weight is 359 g/mol. The number of rotatable bonds is 6. The highest BCUT2D eigenvalue weighted by Crippen LogP contribution is 2.39. The summed E-state index contributed by atoms with van der Waals surface area (Å²) in [5.41, 5.74) is 2.15. The van der Waals surface area contributed by atoms with Gasteiger partial charge in [-0.2, -0.15) is 0 Å². The van der Waals surface area contributed by atoms with Crippen molar-refractivity contribution < 1.29 is 14.3 Å². The number of Topliss-reactive ketones (excluding diaryl/α,β-unsaturated/α-hetero) is 1. The van der Waals surface area contributed by atoms with Gasteiger partial charge in [-0.15, -0.1) is 10.2 Å². The Kier molecular flexibility index (Phi) is 4.94. The van der Waals surface area contributed by atoms with Gasteiger partial charge in [-0.25, -0.2) is 0 Å². The van der Waals surface area contributed by atoms with Crippen LogP contribution < -0.4 is 0 Å². The Bertz CT molecular complexity index is 814. The van der Waals surface area contributed by atoms with E-state index in [4.69, 9.17) is 4.74 Å². The van der Waals surface area contributed by atoms with Crippen molar-refractivity contribution in [1.82, 2.24) is 14.8 Å². The highest BCUT2D eigenvalue weighted by atomic mass is 32.2. The van der Waals surface area contributed by atoms with Gasteiger partial charge in [0.05, 0.1) is 12.4 Å². The Balaban J connectivity index is 1.79. The summed E-state index contributed by atoms with van der Waals surface area (Å²) in [6.07, 6.45) is 0.673. The quantitative estimate of drug-likeness (QED) is 0.449. The molecule has 132 valence electrons. The number of hydrogen-bond acceptors (Lipinski definition) is 6. The van der Waals surface area contributed by atoms with E-state index in [0.717, 1.165) is 17.8 Å². The summed E-state index contributed by atoms with van der Waals surface area (Å²) in [7, 11) is 0. The van der Waals surface area contributed by atoms with Crippen LogP contribution in [0.15, 0.2) is 29.4 Å². The molecule has 7 heteroatoms. The van der Waals surface area contributed by atoms with Crippen LogP contribution in [0.5, 0.6) is 0 Å². The molecule has 0 aliphatic carbocycles. The zero-order valence-corrected chi connectivity index (χ0v) is 15.4. The second kappa shape index (κ2) is 7.00. The van der Waals surface area contributed by atoms with Gasteiger partial charge in [0.1, 0.15) is 6.42 Å². The molecular weight excluding hydrogens is 338 g/mol. The van der Waals surface area contributed by atoms with Crippen LogP contribution in [0.1, 0.15) is 32.8 Å². The third-order valence-electron chi connectivity index (χ3n) is 4.13. The zero-order chi connectivity index (χ0) is 18.0. The Morgan fingerprint density at radius 2 is 2.04 bits per heavy atom. The van der Waals surface area contributed by atoms with E-state index in [2.05, 4.69) is 34.7 Å². The predicted molar refractivity (Wildman–Crippen MR) is 95.5 cm³/mol. The van der Waals surface area contributed by atoms with Crippen LogP contribution in [-0.2, 0) is 26.3 Å². The van der Waals surface area contributed by atoms with Crippen molar-refractivity contribution in [2.75, 3.05) is 12.4 Å². The maximum Gasteiger partial charge on any atom is 0.313 e. The van der Waals surface area contributed by atoms with Gasteiger partial charge in [0.2, 0.25) is 0 Å². The molecular formula is C18H21N3O3S. The molecule has 3 rings (SSSR count). The maximum atomic E-state index is 12.0. The fourth-order valence-corrected chi connectivity index (χ4v) is 4.04. The molecule has 1 aliphatic rings. The van der Waals surface area contributed by atoms with Crippen molar-refractivity contribution in [3.63, 3.8) is 0 Å². The first-order valence-corrected chi connectivity index (χ1v) is 9.25. The SMILES string of the molecule is CCOC(=O)CC(=O)CSc1nnc2n1C(C)(C)Cc1ccccc1-2. The fraction of sp³-hybridized carbons (Fsp3) is 0.444. The molecule has 6 nitrogen and oxygen atoms in total. The Morgan fingerprint density at radius 1 is 1.28 bits per heavy atom. The Labute approximate surface area is 151 Å². The van der Waals surface area contributed by atoms with E-state index in [1.54, 1.807) is 6.92 Å². The van der Waals surface area contributed by atoms with E-state index in [1.165, 1.54) is 17.3 Å². The van der Waals surface area contributed by atoms with E-state index in [1.807, 2.05) is 18.2 Å². The molecule has 0 bridgehead atoms. The molecule has 2 aromatic rings. The summed E-state index contributed by atoms with van der Waals surface area (Å²) in [4.78, 5) is 23.4. The van der Waals surface area contributed by atoms with Crippen molar-refractivity contribution in [2.45, 2.75) is 44.3 Å². The number of fused-ring (bicyclic) bond motifs is 3. The van der Waals surface area contributed by atoms with Crippen molar-refractivity contribution in [3.8, 4) is 11.4 Å². The van der Waals surface area contributed by atoms with Crippen molar-refractivity contribution in [3.05, 3.63) is 29.8 Å². The second-order valence-electron chi connectivity index (χ2n) is 6.60. The summed E-state index contributed by atoms with van der Waals surface area (Å²) >= 11 is 1.32. The molecule has 0 amide bonds. The monoisotopic (exact) mass is 359 g/mol. The molecule has 0 saturated heterocycles. The number of benzene rings is 1. The average Bonchev–Trinajstić information content (AvgIpc) is 2.98. The summed E-state index contributed by atoms with van der Waals surface area (Å²) in [6.45, 7) is 6.28. The van der Waals surface area contributed by atoms with E-state index in [9.17, 15) is 9.59 Å². The molecule has 0 fully saturated rings. The third-order valence-corrected chi connectivity index (χ3v) is 5.12. The first-order valence-electron chi connectivity index (χ1n) is 8.26. The zero-order valence-electron chi connectivity index (χ0n) is 14.6. The highest BCUT2D eigenvalue weighted by molar-refractivity contribution is 7.99. The third kappa shape index (κ3) is 3.61. The lowest BCUT2D eigenvalue weighted by Crippen LogP contribution is -2.33. The van der Waals surface area contributed by atoms with Crippen LogP contribution in [0.4, 0.5) is 0 Å². The minimum Gasteiger partial charge on any atom is -0.466 e. The molecule has 2 heterocycles. The standard InChI is InChI=1S/C18H21N3O3S/c1-4-24-15(23)9-13(22)11-25-17-20-19-16-14-8-6-5-7-12(14)10-18(2,3)21(16)17/h5-8H,4,9-11H2,1-3H3. The number of nitrogens with zero attached hydrogens (tertiary/aromatic N) is 3. The van der Waals surface area contributed by atoms with Crippen molar-refractivity contribution in [2.24, 2.45) is 0 Å². The molecule has 25 heavy (non-hydrogen) atoms. The van der Waals surface area contributed by atoms with Crippen LogP contribution in [0.2, 0.25) is 0 Å². The van der Waals surface area contributed by atoms with Crippen LogP contribution >= 0.6 is 11.8 Å². The van der Waals surface area contributed by atoms with Crippen LogP contribution in [-0.4, -0.2) is 38.9 Å². The van der Waals surface area contributed by atoms with Crippen molar-refractivity contribution >= 4 is 23.5 Å². The second-order valence-corrected chi connectivity index (χ2v) is 7.54. The number of esters is 1. The Morgan fingerprint density at radius 3 is 2.80 bits per heavy atom. The largest absolute Gasteiger partial charge is 0.466 e. The first kappa shape index (κ1) is 17.7. The minimum atomic E-state index is -0.481. The van der Waals surface area contributed by atoms with Gasteiger partial charge in [0.15, 0.2) is 16.8 Å². The summed E-state index contributed by atoms with van der Waals surface area (Å²) in [5.74, 6) is 0.349. The molecule has 1 aromatic heterocycles. The number of carbonyl (C=O) groups is 2. The molecule has 0 N–H and O–H groups in total. The lowest BCUT2D eigenvalue weighted by molar-refractivity contribution is -0.145. The summed E-state index contributed by atoms with van der Waals surface area (Å²) < 4.78 is 6.90. The van der Waals surface area contributed by atoms with E-state index >= 15 is 0 Å². The smallest absolute Gasteiger partial charge is 0.313 e. The van der Waals surface area contributed by atoms with Gasteiger partial charge in [0.25, 0.3) is 0 Å². The van der Waals surface area contributed by atoms with E-state index in [0.29, 0.717) is 5.16 Å². The topological polar surface area (TPSA) is 74.1 Å². The van der Waals surface area contributed by atoms with Crippen LogP contribution in [0.25, 0.3) is 11.4 Å². The molecule has 0 saturated carbocycles. The lowest BCUT2D eigenvalue weighted by atomic mass is 9.87. The minimum absolute atomic E-state index is 0.171. The molecule has 1 aliphatic heterocycles. The van der Waals surface area contributed by atoms with Crippen molar-refractivity contribution in [1.29, 1.82) is 0 Å². The molecule has 0 unspecified atom stereocenters. The van der Waals surface area contributed by atoms with E-state index < -0.39 is 5.97 Å². The molecule has 0 spiro atoms. The number of hydrogen-bond donors (Lipinski definition) is 0. The van der Waals surface area contributed by atoms with Gasteiger partial charge in [-0.1, -0.05) is 36.0 Å². The molecule has 1 aromatic carbocycles. The maximum absolute atomic E-state index is 12.0. The number of ketones is 1. The van der Waals surface area contributed by atoms with Gasteiger partial charge in [-0.3, -0.25) is 14.2 Å². The van der Waals surface area contributed by atoms with Gasteiger partial charge < -0.3 is 4.74 Å². The van der Waals surface area contributed by atoms with Crippen LogP contribution in [0.3, 0.4) is 0 Å². The first-order chi connectivity index (χ1) is 11.9. The van der Waals surface area contributed by atoms with Gasteiger partial charge >= 0.3 is 5.97 Å². The fourth-order valence-electron chi connectivity index (χ4n) is 3.09. The number of carbonyl (C=O) groups excluding carboxylic acids is 2. The number of ether oxygens (including phenoxy) is 1. The van der Waals surface area contributed by atoms with E-state index in [-0.39, 0.29) is 30.1 Å². The number of aromatic nitrogens is 3. The lowest BCUT2D eigenvalue weighted by Gasteiger charge is -2.34. The molecule has 0 atom stereocenters. The van der Waals surface area contributed by atoms with Gasteiger partial charge in [-0.05, 0) is 32.8 Å². The molecule has 0 radical (unpaired) electrons. The normalized spacial score (nSPS) is 14.5. The summed E-state index contributed by atoms with van der Waals surface area (Å²) in [6, 6.07) is 8.19. The van der Waals surface area contributed by atoms with Gasteiger partial charge in [0, 0.05) is 11.1 Å². The summed E-state index contributed by atoms with van der Waals surface area (Å²) in [5, 5.41) is 9.34. The van der Waals surface area contributed by atoms with Crippen LogP contribution in [0, 0.1) is 0 Å².